The Bertz CT molecular complexity index is 360. The topological polar surface area (TPSA) is 46.5 Å². The summed E-state index contributed by atoms with van der Waals surface area (Å²) < 4.78 is 5.22. The van der Waals surface area contributed by atoms with Gasteiger partial charge in [-0.15, -0.1) is 0 Å². The molecule has 1 rings (SSSR count). The van der Waals surface area contributed by atoms with Gasteiger partial charge in [-0.05, 0) is 25.3 Å². The summed E-state index contributed by atoms with van der Waals surface area (Å²) in [5.74, 6) is -0.113. The molecule has 1 aromatic rings. The number of hydrogen-bond donors (Lipinski definition) is 1. The average Bonchev–Trinajstić information content (AvgIpc) is 2.45. The van der Waals surface area contributed by atoms with Gasteiger partial charge in [-0.3, -0.25) is 4.79 Å². The highest BCUT2D eigenvalue weighted by molar-refractivity contribution is 5.69. The van der Waals surface area contributed by atoms with E-state index < -0.39 is 0 Å². The zero-order valence-electron chi connectivity index (χ0n) is 12.4. The second kappa shape index (κ2) is 10.4. The maximum absolute atomic E-state index is 11.5. The van der Waals surface area contributed by atoms with Gasteiger partial charge in [0.1, 0.15) is 6.61 Å². The van der Waals surface area contributed by atoms with Crippen molar-refractivity contribution in [3.05, 3.63) is 35.9 Å². The lowest BCUT2D eigenvalue weighted by atomic mass is 10.1. The Balaban J connectivity index is 1.95. The van der Waals surface area contributed by atoms with Crippen LogP contribution in [-0.2, 0) is 16.1 Å². The molecular weight excluding hydrogens is 252 g/mol. The number of aliphatic hydroxyl groups excluding tert-OH is 1. The third-order valence-electron chi connectivity index (χ3n) is 3.25. The number of rotatable bonds is 10. The zero-order chi connectivity index (χ0) is 14.6. The van der Waals surface area contributed by atoms with E-state index in [-0.39, 0.29) is 12.1 Å². The Morgan fingerprint density at radius 1 is 1.10 bits per heavy atom. The van der Waals surface area contributed by atoms with E-state index in [1.54, 1.807) is 0 Å². The van der Waals surface area contributed by atoms with Crippen molar-refractivity contribution < 1.29 is 14.6 Å². The molecule has 112 valence electrons. The van der Waals surface area contributed by atoms with Crippen molar-refractivity contribution in [3.63, 3.8) is 0 Å². The van der Waals surface area contributed by atoms with Crippen LogP contribution in [0, 0.1) is 0 Å². The number of unbranched alkanes of at least 4 members (excludes halogenated alkanes) is 4. The molecule has 0 amide bonds. The lowest BCUT2D eigenvalue weighted by Gasteiger charge is -2.05. The molecule has 0 aliphatic carbocycles. The van der Waals surface area contributed by atoms with Gasteiger partial charge in [-0.1, -0.05) is 56.0 Å². The number of hydrogen-bond acceptors (Lipinski definition) is 3. The summed E-state index contributed by atoms with van der Waals surface area (Å²) in [7, 11) is 0. The van der Waals surface area contributed by atoms with Gasteiger partial charge in [0.2, 0.25) is 0 Å². The monoisotopic (exact) mass is 278 g/mol. The maximum Gasteiger partial charge on any atom is 0.306 e. The third-order valence-corrected chi connectivity index (χ3v) is 3.25. The summed E-state index contributed by atoms with van der Waals surface area (Å²) in [4.78, 5) is 11.5. The number of carbonyl (C=O) groups excluding carboxylic acids is 1. The van der Waals surface area contributed by atoms with E-state index >= 15 is 0 Å². The summed E-state index contributed by atoms with van der Waals surface area (Å²) in [6.07, 6.45) is 6.45. The molecule has 0 saturated heterocycles. The van der Waals surface area contributed by atoms with E-state index in [9.17, 15) is 4.79 Å². The molecule has 0 heterocycles. The first-order valence-corrected chi connectivity index (χ1v) is 7.56. The number of ether oxygens (including phenoxy) is 1. The quantitative estimate of drug-likeness (QED) is 0.522. The first-order valence-electron chi connectivity index (χ1n) is 7.56. The molecule has 1 N–H and O–H groups in total. The van der Waals surface area contributed by atoms with Crippen LogP contribution in [0.3, 0.4) is 0 Å². The number of benzene rings is 1. The van der Waals surface area contributed by atoms with Crippen LogP contribution in [-0.4, -0.2) is 17.2 Å². The Hall–Kier alpha value is -1.35. The van der Waals surface area contributed by atoms with E-state index in [4.69, 9.17) is 9.84 Å². The van der Waals surface area contributed by atoms with Crippen LogP contribution in [0.5, 0.6) is 0 Å². The summed E-state index contributed by atoms with van der Waals surface area (Å²) in [5.41, 5.74) is 1.03. The molecule has 0 radical (unpaired) electrons. The van der Waals surface area contributed by atoms with Crippen molar-refractivity contribution in [2.75, 3.05) is 0 Å². The van der Waals surface area contributed by atoms with Gasteiger partial charge >= 0.3 is 5.97 Å². The fourth-order valence-corrected chi connectivity index (χ4v) is 2.05. The van der Waals surface area contributed by atoms with Gasteiger partial charge in [0.15, 0.2) is 0 Å². The number of carbonyl (C=O) groups is 1. The van der Waals surface area contributed by atoms with Crippen molar-refractivity contribution in [2.45, 2.75) is 64.6 Å². The van der Waals surface area contributed by atoms with Crippen LogP contribution in [0.2, 0.25) is 0 Å². The molecule has 0 saturated carbocycles. The van der Waals surface area contributed by atoms with Crippen molar-refractivity contribution in [1.82, 2.24) is 0 Å². The van der Waals surface area contributed by atoms with Crippen molar-refractivity contribution in [2.24, 2.45) is 0 Å². The second-order valence-corrected chi connectivity index (χ2v) is 5.30. The van der Waals surface area contributed by atoms with Crippen LogP contribution in [0.15, 0.2) is 30.3 Å². The van der Waals surface area contributed by atoms with Crippen LogP contribution in [0.25, 0.3) is 0 Å². The minimum absolute atomic E-state index is 0.113. The van der Waals surface area contributed by atoms with Crippen molar-refractivity contribution in [1.29, 1.82) is 0 Å². The Labute approximate surface area is 122 Å². The molecule has 0 fully saturated rings. The molecule has 0 aliphatic rings. The van der Waals surface area contributed by atoms with Gasteiger partial charge in [-0.2, -0.15) is 0 Å². The Morgan fingerprint density at radius 2 is 1.75 bits per heavy atom. The molecule has 20 heavy (non-hydrogen) atoms. The zero-order valence-corrected chi connectivity index (χ0v) is 12.4. The van der Waals surface area contributed by atoms with Crippen LogP contribution in [0.1, 0.15) is 57.4 Å². The summed E-state index contributed by atoms with van der Waals surface area (Å²) in [6.45, 7) is 2.19. The summed E-state index contributed by atoms with van der Waals surface area (Å²) in [5, 5.41) is 9.12. The van der Waals surface area contributed by atoms with Crippen molar-refractivity contribution >= 4 is 5.97 Å². The summed E-state index contributed by atoms with van der Waals surface area (Å²) in [6, 6.07) is 9.74. The Morgan fingerprint density at radius 3 is 2.45 bits per heavy atom. The van der Waals surface area contributed by atoms with Crippen molar-refractivity contribution in [3.8, 4) is 0 Å². The molecular formula is C17H26O3. The van der Waals surface area contributed by atoms with Gasteiger partial charge < -0.3 is 9.84 Å². The van der Waals surface area contributed by atoms with E-state index in [2.05, 4.69) is 0 Å². The highest BCUT2D eigenvalue weighted by Crippen LogP contribution is 2.09. The van der Waals surface area contributed by atoms with Gasteiger partial charge in [0.25, 0.3) is 0 Å². The molecule has 0 aliphatic heterocycles. The number of esters is 1. The standard InChI is InChI=1S/C17H26O3/c1-15(18)10-6-3-2-4-9-13-17(19)20-14-16-11-7-5-8-12-16/h5,7-8,11-12,15,18H,2-4,6,9-10,13-14H2,1H3. The fourth-order valence-electron chi connectivity index (χ4n) is 2.05. The second-order valence-electron chi connectivity index (χ2n) is 5.30. The average molecular weight is 278 g/mol. The minimum Gasteiger partial charge on any atom is -0.461 e. The lowest BCUT2D eigenvalue weighted by Crippen LogP contribution is -2.04. The smallest absolute Gasteiger partial charge is 0.306 e. The maximum atomic E-state index is 11.5. The first-order chi connectivity index (χ1) is 9.68. The van der Waals surface area contributed by atoms with Crippen LogP contribution < -0.4 is 0 Å². The first kappa shape index (κ1) is 16.7. The SMILES string of the molecule is CC(O)CCCCCCCC(=O)OCc1ccccc1. The van der Waals surface area contributed by atoms with E-state index in [1.165, 1.54) is 0 Å². The van der Waals surface area contributed by atoms with E-state index in [0.29, 0.717) is 13.0 Å². The third kappa shape index (κ3) is 8.70. The van der Waals surface area contributed by atoms with E-state index in [1.807, 2.05) is 37.3 Å². The predicted molar refractivity (Wildman–Crippen MR) is 80.2 cm³/mol. The molecule has 1 unspecified atom stereocenters. The van der Waals surface area contributed by atoms with Gasteiger partial charge in [-0.25, -0.2) is 0 Å². The highest BCUT2D eigenvalue weighted by atomic mass is 16.5. The normalized spacial score (nSPS) is 12.1. The van der Waals surface area contributed by atoms with Crippen LogP contribution in [0.4, 0.5) is 0 Å². The van der Waals surface area contributed by atoms with Gasteiger partial charge in [0, 0.05) is 6.42 Å². The predicted octanol–water partition coefficient (Wildman–Crippen LogP) is 3.84. The molecule has 1 atom stereocenters. The Kier molecular flexibility index (Phi) is 8.72. The largest absolute Gasteiger partial charge is 0.461 e. The molecule has 1 aromatic carbocycles. The molecule has 3 heteroatoms. The van der Waals surface area contributed by atoms with E-state index in [0.717, 1.165) is 44.1 Å². The number of aliphatic hydroxyl groups is 1. The highest BCUT2D eigenvalue weighted by Gasteiger charge is 2.03. The molecule has 3 nitrogen and oxygen atoms in total. The minimum atomic E-state index is -0.192. The fraction of sp³-hybridized carbons (Fsp3) is 0.588. The molecule has 0 aromatic heterocycles. The lowest BCUT2D eigenvalue weighted by molar-refractivity contribution is -0.145. The van der Waals surface area contributed by atoms with Gasteiger partial charge in [0.05, 0.1) is 6.10 Å². The molecule has 0 spiro atoms. The molecule has 0 bridgehead atoms. The van der Waals surface area contributed by atoms with Crippen LogP contribution >= 0.6 is 0 Å². The summed E-state index contributed by atoms with van der Waals surface area (Å²) >= 11 is 0.